The van der Waals surface area contributed by atoms with Crippen molar-refractivity contribution in [2.45, 2.75) is 45.8 Å². The second kappa shape index (κ2) is 6.54. The van der Waals surface area contributed by atoms with Crippen molar-refractivity contribution >= 4 is 5.91 Å². The summed E-state index contributed by atoms with van der Waals surface area (Å²) in [6.45, 7) is 6.44. The number of nitrogens with zero attached hydrogens (tertiary/aromatic N) is 2. The molecule has 0 unspecified atom stereocenters. The van der Waals surface area contributed by atoms with Gasteiger partial charge < -0.3 is 14.2 Å². The lowest BCUT2D eigenvalue weighted by Gasteiger charge is -2.20. The molecule has 1 aromatic rings. The number of ether oxygens (including phenoxy) is 1. The predicted molar refractivity (Wildman–Crippen MR) is 68.2 cm³/mol. The van der Waals surface area contributed by atoms with Crippen LogP contribution in [0.3, 0.4) is 0 Å². The van der Waals surface area contributed by atoms with E-state index in [1.54, 1.807) is 19.1 Å². The van der Waals surface area contributed by atoms with E-state index >= 15 is 0 Å². The summed E-state index contributed by atoms with van der Waals surface area (Å²) in [6, 6.07) is 1.89. The van der Waals surface area contributed by atoms with E-state index in [2.05, 4.69) is 5.16 Å². The van der Waals surface area contributed by atoms with Crippen LogP contribution >= 0.6 is 0 Å². The molecule has 0 saturated carbocycles. The van der Waals surface area contributed by atoms with E-state index in [1.807, 2.05) is 26.8 Å². The van der Waals surface area contributed by atoms with E-state index in [4.69, 9.17) is 9.26 Å². The van der Waals surface area contributed by atoms with Gasteiger partial charge in [0, 0.05) is 26.1 Å². The van der Waals surface area contributed by atoms with Gasteiger partial charge in [0.25, 0.3) is 5.91 Å². The molecule has 1 aromatic heterocycles. The number of carbonyl (C=O) groups excluding carboxylic acids is 1. The van der Waals surface area contributed by atoms with Crippen molar-refractivity contribution in [2.24, 2.45) is 0 Å². The monoisotopic (exact) mass is 254 g/mol. The molecule has 1 atom stereocenters. The predicted octanol–water partition coefficient (Wildman–Crippen LogP) is 2.18. The summed E-state index contributed by atoms with van der Waals surface area (Å²) >= 11 is 0. The largest absolute Gasteiger partial charge is 0.372 e. The van der Waals surface area contributed by atoms with Crippen LogP contribution in [0.1, 0.15) is 44.6 Å². The average Bonchev–Trinajstić information content (AvgIpc) is 2.79. The second-order valence-electron chi connectivity index (χ2n) is 4.70. The van der Waals surface area contributed by atoms with E-state index < -0.39 is 0 Å². The Hall–Kier alpha value is -1.36. The number of methoxy groups -OCH3 is 1. The third-order valence-electron chi connectivity index (χ3n) is 2.85. The van der Waals surface area contributed by atoms with Gasteiger partial charge in [0.2, 0.25) is 0 Å². The third kappa shape index (κ3) is 3.57. The van der Waals surface area contributed by atoms with Crippen molar-refractivity contribution in [1.82, 2.24) is 10.1 Å². The SMILES string of the molecule is CC[C@@H](OC)C(=O)N(C)Cc1cc(C(C)C)on1. The van der Waals surface area contributed by atoms with Crippen LogP contribution in [0.25, 0.3) is 0 Å². The quantitative estimate of drug-likeness (QED) is 0.780. The first-order valence-electron chi connectivity index (χ1n) is 6.22. The fourth-order valence-electron chi connectivity index (χ4n) is 1.68. The Bertz CT molecular complexity index is 383. The Morgan fingerprint density at radius 1 is 1.56 bits per heavy atom. The molecule has 1 amide bonds. The lowest BCUT2D eigenvalue weighted by atomic mass is 10.1. The molecule has 0 spiro atoms. The Balaban J connectivity index is 2.63. The molecule has 0 aliphatic carbocycles. The number of hydrogen-bond donors (Lipinski definition) is 0. The number of rotatable bonds is 6. The van der Waals surface area contributed by atoms with Gasteiger partial charge in [-0.2, -0.15) is 0 Å². The summed E-state index contributed by atoms with van der Waals surface area (Å²) in [6.07, 6.45) is 0.280. The van der Waals surface area contributed by atoms with Crippen molar-refractivity contribution in [3.05, 3.63) is 17.5 Å². The van der Waals surface area contributed by atoms with Gasteiger partial charge >= 0.3 is 0 Å². The zero-order valence-electron chi connectivity index (χ0n) is 11.8. The molecule has 0 aliphatic heterocycles. The molecule has 0 radical (unpaired) electrons. The maximum atomic E-state index is 12.0. The lowest BCUT2D eigenvalue weighted by molar-refractivity contribution is -0.141. The number of aromatic nitrogens is 1. The van der Waals surface area contributed by atoms with Gasteiger partial charge in [0.15, 0.2) is 0 Å². The maximum absolute atomic E-state index is 12.0. The molecule has 0 bridgehead atoms. The summed E-state index contributed by atoms with van der Waals surface area (Å²) in [5, 5.41) is 3.96. The Morgan fingerprint density at radius 2 is 2.22 bits per heavy atom. The van der Waals surface area contributed by atoms with Crippen molar-refractivity contribution in [3.8, 4) is 0 Å². The first kappa shape index (κ1) is 14.7. The van der Waals surface area contributed by atoms with Gasteiger partial charge in [0.05, 0.1) is 6.54 Å². The van der Waals surface area contributed by atoms with Gasteiger partial charge in [-0.25, -0.2) is 0 Å². The highest BCUT2D eigenvalue weighted by Gasteiger charge is 2.21. The van der Waals surface area contributed by atoms with Crippen molar-refractivity contribution in [1.29, 1.82) is 0 Å². The number of likely N-dealkylation sites (N-methyl/N-ethyl adjacent to an activating group) is 1. The van der Waals surface area contributed by atoms with Crippen LogP contribution in [0.2, 0.25) is 0 Å². The van der Waals surface area contributed by atoms with Gasteiger partial charge in [-0.1, -0.05) is 25.9 Å². The minimum absolute atomic E-state index is 0.0332. The van der Waals surface area contributed by atoms with Crippen LogP contribution in [-0.4, -0.2) is 36.2 Å². The van der Waals surface area contributed by atoms with Crippen molar-refractivity contribution in [3.63, 3.8) is 0 Å². The highest BCUT2D eigenvalue weighted by Crippen LogP contribution is 2.16. The molecular weight excluding hydrogens is 232 g/mol. The van der Waals surface area contributed by atoms with Crippen LogP contribution in [0.5, 0.6) is 0 Å². The Labute approximate surface area is 108 Å². The summed E-state index contributed by atoms with van der Waals surface area (Å²) < 4.78 is 10.3. The summed E-state index contributed by atoms with van der Waals surface area (Å²) in [5.74, 6) is 1.10. The van der Waals surface area contributed by atoms with Crippen LogP contribution in [0.4, 0.5) is 0 Å². The molecule has 102 valence electrons. The lowest BCUT2D eigenvalue weighted by Crippen LogP contribution is -2.36. The molecule has 18 heavy (non-hydrogen) atoms. The van der Waals surface area contributed by atoms with Crippen LogP contribution < -0.4 is 0 Å². The zero-order valence-corrected chi connectivity index (χ0v) is 11.8. The number of carbonyl (C=O) groups is 1. The van der Waals surface area contributed by atoms with Crippen LogP contribution in [-0.2, 0) is 16.1 Å². The fourth-order valence-corrected chi connectivity index (χ4v) is 1.68. The second-order valence-corrected chi connectivity index (χ2v) is 4.70. The molecule has 5 heteroatoms. The normalized spacial score (nSPS) is 12.8. The van der Waals surface area contributed by atoms with Gasteiger partial charge in [-0.05, 0) is 6.42 Å². The van der Waals surface area contributed by atoms with E-state index in [9.17, 15) is 4.79 Å². The summed E-state index contributed by atoms with van der Waals surface area (Å²) in [5.41, 5.74) is 0.764. The molecule has 1 heterocycles. The van der Waals surface area contributed by atoms with Crippen molar-refractivity contribution in [2.75, 3.05) is 14.2 Å². The van der Waals surface area contributed by atoms with Crippen molar-refractivity contribution < 1.29 is 14.1 Å². The third-order valence-corrected chi connectivity index (χ3v) is 2.85. The topological polar surface area (TPSA) is 55.6 Å². The minimum atomic E-state index is -0.383. The molecule has 0 N–H and O–H groups in total. The van der Waals surface area contributed by atoms with Crippen LogP contribution in [0.15, 0.2) is 10.6 Å². The molecule has 0 fully saturated rings. The highest BCUT2D eigenvalue weighted by molar-refractivity contribution is 5.80. The first-order valence-corrected chi connectivity index (χ1v) is 6.22. The van der Waals surface area contributed by atoms with Gasteiger partial charge in [-0.15, -0.1) is 0 Å². The highest BCUT2D eigenvalue weighted by atomic mass is 16.5. The maximum Gasteiger partial charge on any atom is 0.251 e. The summed E-state index contributed by atoms with van der Waals surface area (Å²) in [4.78, 5) is 13.6. The zero-order chi connectivity index (χ0) is 13.7. The standard InChI is InChI=1S/C13H22N2O3/c1-6-11(17-5)13(16)15(4)8-10-7-12(9(2)3)18-14-10/h7,9,11H,6,8H2,1-5H3/t11-/m1/s1. The molecule has 0 aromatic carbocycles. The smallest absolute Gasteiger partial charge is 0.251 e. The van der Waals surface area contributed by atoms with E-state index in [0.717, 1.165) is 11.5 Å². The Kier molecular flexibility index (Phi) is 5.34. The minimum Gasteiger partial charge on any atom is -0.372 e. The molecular formula is C13H22N2O3. The van der Waals surface area contributed by atoms with E-state index in [0.29, 0.717) is 18.9 Å². The van der Waals surface area contributed by atoms with Gasteiger partial charge in [-0.3, -0.25) is 4.79 Å². The summed E-state index contributed by atoms with van der Waals surface area (Å²) in [7, 11) is 3.29. The molecule has 0 saturated heterocycles. The first-order chi connectivity index (χ1) is 8.49. The van der Waals surface area contributed by atoms with E-state index in [-0.39, 0.29) is 12.0 Å². The average molecular weight is 254 g/mol. The fraction of sp³-hybridized carbons (Fsp3) is 0.692. The Morgan fingerprint density at radius 3 is 2.67 bits per heavy atom. The molecule has 1 rings (SSSR count). The van der Waals surface area contributed by atoms with Gasteiger partial charge in [0.1, 0.15) is 17.6 Å². The molecule has 0 aliphatic rings. The van der Waals surface area contributed by atoms with Crippen LogP contribution in [0, 0.1) is 0 Å². The molecule has 5 nitrogen and oxygen atoms in total. The van der Waals surface area contributed by atoms with E-state index in [1.165, 1.54) is 0 Å². The number of hydrogen-bond acceptors (Lipinski definition) is 4. The number of amides is 1.